The largest absolute Gasteiger partial charge is 0.870 e. The molecule has 258 valence electrons. The predicted octanol–water partition coefficient (Wildman–Crippen LogP) is 6.42. The molecule has 0 radical (unpaired) electrons. The topological polar surface area (TPSA) is 135 Å². The average molecular weight is 710 g/mol. The van der Waals surface area contributed by atoms with Gasteiger partial charge in [0.05, 0.1) is 26.3 Å². The van der Waals surface area contributed by atoms with Crippen molar-refractivity contribution in [2.45, 2.75) is 38.0 Å². The monoisotopic (exact) mass is 708 g/mol. The highest BCUT2D eigenvalue weighted by Crippen LogP contribution is 2.36. The maximum absolute atomic E-state index is 13.8. The molecule has 7 rings (SSSR count). The summed E-state index contributed by atoms with van der Waals surface area (Å²) in [7, 11) is 3.09. The van der Waals surface area contributed by atoms with Crippen LogP contribution < -0.4 is 19.4 Å². The van der Waals surface area contributed by atoms with E-state index < -0.39 is 18.2 Å². The van der Waals surface area contributed by atoms with Gasteiger partial charge in [-0.25, -0.2) is 19.6 Å². The summed E-state index contributed by atoms with van der Waals surface area (Å²) in [6.45, 7) is 2.97. The molecule has 2 aromatic heterocycles. The number of nitrogens with one attached hydrogen (secondary N) is 1. The fraction of sp³-hybridized carbons (Fsp3) is 0.333. The van der Waals surface area contributed by atoms with Crippen molar-refractivity contribution in [3.63, 3.8) is 0 Å². The van der Waals surface area contributed by atoms with E-state index in [1.807, 2.05) is 12.1 Å². The molecule has 0 spiro atoms. The number of H-pyrrole nitrogens is 1. The Labute approximate surface area is 295 Å². The molecule has 2 aromatic carbocycles. The summed E-state index contributed by atoms with van der Waals surface area (Å²) >= 11 is 13.0. The number of hydrogen-bond donors (Lipinski definition) is 0. The van der Waals surface area contributed by atoms with Crippen molar-refractivity contribution in [2.24, 2.45) is 5.92 Å². The van der Waals surface area contributed by atoms with E-state index in [-0.39, 0.29) is 24.5 Å². The lowest BCUT2D eigenvalue weighted by Crippen LogP contribution is -2.53. The standard InChI is InChI=1S/C36H36Cl2N4O6.H2O/c1-45-30-10-9-25(17-32(30)46-2)31(18-27-28(37)19-39-20-29(27)38)47-35(43)26-7-5-6-23(16-26)21-42(34-8-3-4-13-40-34)36(44)48-33-22-41-14-11-24(33)12-15-41;/h3-10,13,16-17,19-20,24,31,33H,11-12,14-15,18,21-22H2,1-2H3;1H2/t31-,33-;/m0./s1. The fourth-order valence-corrected chi connectivity index (χ4v) is 6.84. The molecule has 4 aromatic rings. The number of ether oxygens (including phenoxy) is 4. The van der Waals surface area contributed by atoms with Crippen LogP contribution in [0.1, 0.15) is 46.0 Å². The Hall–Kier alpha value is -4.42. The molecule has 49 heavy (non-hydrogen) atoms. The first-order chi connectivity index (χ1) is 23.3. The van der Waals surface area contributed by atoms with Gasteiger partial charge in [0.25, 0.3) is 0 Å². The summed E-state index contributed by atoms with van der Waals surface area (Å²) in [6.07, 6.45) is 5.71. The van der Waals surface area contributed by atoms with Gasteiger partial charge in [0.15, 0.2) is 23.9 Å². The number of aromatic nitrogens is 2. The number of benzene rings is 2. The van der Waals surface area contributed by atoms with Gasteiger partial charge in [0, 0.05) is 24.7 Å². The number of piperidine rings is 3. The van der Waals surface area contributed by atoms with Crippen LogP contribution in [0.15, 0.2) is 79.3 Å². The first kappa shape index (κ1) is 35.9. The maximum Gasteiger partial charge on any atom is 0.416 e. The molecule has 3 aliphatic rings. The van der Waals surface area contributed by atoms with Crippen LogP contribution in [0.3, 0.4) is 0 Å². The highest BCUT2D eigenvalue weighted by molar-refractivity contribution is 6.35. The quantitative estimate of drug-likeness (QED) is 0.162. The number of amides is 1. The zero-order valence-electron chi connectivity index (χ0n) is 27.2. The number of carbonyl (C=O) groups is 2. The molecule has 1 amide bonds. The highest BCUT2D eigenvalue weighted by Gasteiger charge is 2.37. The second-order valence-electron chi connectivity index (χ2n) is 11.9. The molecule has 2 N–H and O–H groups in total. The van der Waals surface area contributed by atoms with E-state index in [9.17, 15) is 9.59 Å². The van der Waals surface area contributed by atoms with E-state index in [1.54, 1.807) is 74.2 Å². The van der Waals surface area contributed by atoms with Crippen LogP contribution in [0.5, 0.6) is 11.5 Å². The number of halogens is 2. The van der Waals surface area contributed by atoms with Gasteiger partial charge in [0.1, 0.15) is 28.1 Å². The van der Waals surface area contributed by atoms with Gasteiger partial charge in [-0.3, -0.25) is 9.80 Å². The number of anilines is 1. The zero-order valence-corrected chi connectivity index (χ0v) is 28.7. The third kappa shape index (κ3) is 8.42. The van der Waals surface area contributed by atoms with Gasteiger partial charge in [-0.2, -0.15) is 0 Å². The van der Waals surface area contributed by atoms with E-state index in [0.29, 0.717) is 55.5 Å². The van der Waals surface area contributed by atoms with Gasteiger partial charge in [-0.05, 0) is 79.4 Å². The smallest absolute Gasteiger partial charge is 0.416 e. The van der Waals surface area contributed by atoms with Crippen molar-refractivity contribution < 1.29 is 39.0 Å². The minimum absolute atomic E-state index is 0. The second-order valence-corrected chi connectivity index (χ2v) is 12.7. The predicted molar refractivity (Wildman–Crippen MR) is 183 cm³/mol. The number of pyridine rings is 2. The Kier molecular flexibility index (Phi) is 11.9. The van der Waals surface area contributed by atoms with Crippen LogP contribution in [-0.2, 0) is 22.4 Å². The molecule has 3 saturated heterocycles. The molecular weight excluding hydrogens is 671 g/mol. The van der Waals surface area contributed by atoms with Crippen LogP contribution >= 0.6 is 23.2 Å². The lowest BCUT2D eigenvalue weighted by Gasteiger charge is -2.44. The van der Waals surface area contributed by atoms with Gasteiger partial charge >= 0.3 is 12.1 Å². The molecule has 5 heterocycles. The zero-order chi connectivity index (χ0) is 33.6. The summed E-state index contributed by atoms with van der Waals surface area (Å²) in [6, 6.07) is 17.7. The van der Waals surface area contributed by atoms with Crippen molar-refractivity contribution in [1.82, 2.24) is 9.88 Å². The molecule has 13 heteroatoms. The fourth-order valence-electron chi connectivity index (χ4n) is 6.30. The van der Waals surface area contributed by atoms with Gasteiger partial charge in [0.2, 0.25) is 0 Å². The minimum atomic E-state index is -0.778. The van der Waals surface area contributed by atoms with Crippen molar-refractivity contribution in [2.75, 3.05) is 38.8 Å². The van der Waals surface area contributed by atoms with Crippen LogP contribution in [0.25, 0.3) is 0 Å². The lowest BCUT2D eigenvalue weighted by atomic mass is 9.86. The van der Waals surface area contributed by atoms with E-state index in [2.05, 4.69) is 14.9 Å². The van der Waals surface area contributed by atoms with Crippen LogP contribution in [0.2, 0.25) is 10.0 Å². The Morgan fingerprint density at radius 2 is 1.73 bits per heavy atom. The first-order valence-corrected chi connectivity index (χ1v) is 16.6. The number of nitrogens with zero attached hydrogens (tertiary/aromatic N) is 3. The Morgan fingerprint density at radius 1 is 0.980 bits per heavy atom. The van der Waals surface area contributed by atoms with E-state index in [0.717, 1.165) is 32.5 Å². The van der Waals surface area contributed by atoms with E-state index in [1.165, 1.54) is 12.0 Å². The third-order valence-electron chi connectivity index (χ3n) is 8.91. The Bertz CT molecular complexity index is 1730. The molecule has 2 atom stereocenters. The first-order valence-electron chi connectivity index (χ1n) is 15.8. The third-order valence-corrected chi connectivity index (χ3v) is 9.59. The normalized spacial score (nSPS) is 18.5. The van der Waals surface area contributed by atoms with Crippen molar-refractivity contribution in [1.29, 1.82) is 0 Å². The van der Waals surface area contributed by atoms with E-state index in [4.69, 9.17) is 42.1 Å². The van der Waals surface area contributed by atoms with Gasteiger partial charge in [-0.15, -0.1) is 0 Å². The molecular formula is C36H38Cl2N4O7. The lowest BCUT2D eigenvalue weighted by molar-refractivity contribution is -0.377. The molecule has 11 nitrogen and oxygen atoms in total. The molecule has 0 unspecified atom stereocenters. The highest BCUT2D eigenvalue weighted by atomic mass is 35.5. The van der Waals surface area contributed by atoms with Gasteiger partial charge in [-0.1, -0.05) is 47.5 Å². The number of fused-ring (bicyclic) bond motifs is 3. The van der Waals surface area contributed by atoms with Crippen molar-refractivity contribution in [3.05, 3.63) is 112 Å². The molecule has 3 aliphatic heterocycles. The van der Waals surface area contributed by atoms with Crippen molar-refractivity contribution >= 4 is 41.1 Å². The summed E-state index contributed by atoms with van der Waals surface area (Å²) in [4.78, 5) is 38.6. The molecule has 2 bridgehead atoms. The molecule has 0 aliphatic carbocycles. The molecule has 3 fully saturated rings. The van der Waals surface area contributed by atoms with Crippen LogP contribution in [0.4, 0.5) is 10.6 Å². The summed E-state index contributed by atoms with van der Waals surface area (Å²) in [5.74, 6) is 1.27. The number of rotatable bonds is 11. The SMILES string of the molecule is COc1ccc([C@H](Cc2c(Cl)c[nH+]cc2Cl)OC(=O)c2cccc(CN(C(=O)O[C@H]3CN4CCC3CC4)c3ccccn3)c2)cc1OC.[OH-]. The Balaban J connectivity index is 0.00000468. The van der Waals surface area contributed by atoms with Gasteiger partial charge < -0.3 is 24.4 Å². The maximum atomic E-state index is 13.8. The minimum Gasteiger partial charge on any atom is -0.870 e. The van der Waals surface area contributed by atoms with Crippen molar-refractivity contribution in [3.8, 4) is 11.5 Å². The molecule has 0 saturated carbocycles. The summed E-state index contributed by atoms with van der Waals surface area (Å²) < 4.78 is 23.1. The number of aromatic amines is 1. The number of esters is 1. The van der Waals surface area contributed by atoms with Crippen LogP contribution in [-0.4, -0.2) is 67.4 Å². The number of methoxy groups -OCH3 is 2. The average Bonchev–Trinajstić information content (AvgIpc) is 3.12. The van der Waals surface area contributed by atoms with Crippen LogP contribution in [0, 0.1) is 5.92 Å². The number of carbonyl (C=O) groups excluding carboxylic acids is 2. The number of hydrogen-bond acceptors (Lipinski definition) is 9. The Morgan fingerprint density at radius 3 is 2.39 bits per heavy atom. The van der Waals surface area contributed by atoms with E-state index >= 15 is 0 Å². The summed E-state index contributed by atoms with van der Waals surface area (Å²) in [5.41, 5.74) is 2.29. The summed E-state index contributed by atoms with van der Waals surface area (Å²) in [5, 5.41) is 0.816. The second kappa shape index (κ2) is 16.3.